The molecule has 1 aromatic rings. The topological polar surface area (TPSA) is 29.5 Å². The highest BCUT2D eigenvalue weighted by Gasteiger charge is 2.47. The van der Waals surface area contributed by atoms with Crippen molar-refractivity contribution >= 4 is 0 Å². The average Bonchev–Trinajstić information content (AvgIpc) is 3.00. The van der Waals surface area contributed by atoms with Crippen molar-refractivity contribution in [2.45, 2.75) is 32.6 Å². The number of allylic oxidation sites excluding steroid dienone is 1. The molecule has 0 spiro atoms. The lowest BCUT2D eigenvalue weighted by Gasteiger charge is -2.33. The van der Waals surface area contributed by atoms with Crippen molar-refractivity contribution in [3.8, 4) is 0 Å². The number of rotatable bonds is 4. The van der Waals surface area contributed by atoms with E-state index in [1.54, 1.807) is 0 Å². The maximum Gasteiger partial charge on any atom is 0.102 e. The van der Waals surface area contributed by atoms with E-state index >= 15 is 0 Å². The number of aryl methyl sites for hydroxylation is 1. The summed E-state index contributed by atoms with van der Waals surface area (Å²) in [6.45, 7) is 3.37. The molecule has 2 nitrogen and oxygen atoms in total. The lowest BCUT2D eigenvalue weighted by atomic mass is 9.75. The van der Waals surface area contributed by atoms with Gasteiger partial charge in [-0.05, 0) is 36.3 Å². The summed E-state index contributed by atoms with van der Waals surface area (Å²) in [5.41, 5.74) is 2.85. The Morgan fingerprint density at radius 1 is 1.32 bits per heavy atom. The van der Waals surface area contributed by atoms with Crippen molar-refractivity contribution in [3.63, 3.8) is 0 Å². The molecule has 0 amide bonds. The molecule has 19 heavy (non-hydrogen) atoms. The average molecular weight is 258 g/mol. The first kappa shape index (κ1) is 12.7. The fraction of sp³-hybridized carbons (Fsp3) is 0.529. The molecule has 0 radical (unpaired) electrons. The minimum atomic E-state index is 0.0242. The summed E-state index contributed by atoms with van der Waals surface area (Å²) in [6, 6.07) is 10.6. The highest BCUT2D eigenvalue weighted by Crippen LogP contribution is 2.53. The van der Waals surface area contributed by atoms with Gasteiger partial charge in [0.05, 0.1) is 6.61 Å². The Hall–Kier alpha value is -1.28. The SMILES string of the molecule is CC1(CCc2ccccc2)C2=C(CCO2)CC1CO. The van der Waals surface area contributed by atoms with Gasteiger partial charge in [-0.2, -0.15) is 0 Å². The Labute approximate surface area is 115 Å². The number of benzene rings is 1. The van der Waals surface area contributed by atoms with Crippen molar-refractivity contribution in [1.29, 1.82) is 0 Å². The van der Waals surface area contributed by atoms with Gasteiger partial charge in [0.2, 0.25) is 0 Å². The van der Waals surface area contributed by atoms with Gasteiger partial charge in [0.1, 0.15) is 5.76 Å². The summed E-state index contributed by atoms with van der Waals surface area (Å²) in [6.07, 6.45) is 4.19. The quantitative estimate of drug-likeness (QED) is 0.897. The van der Waals surface area contributed by atoms with Crippen LogP contribution in [0, 0.1) is 11.3 Å². The molecule has 1 aliphatic carbocycles. The van der Waals surface area contributed by atoms with E-state index in [0.717, 1.165) is 32.3 Å². The molecule has 1 heterocycles. The highest BCUT2D eigenvalue weighted by atomic mass is 16.5. The zero-order valence-corrected chi connectivity index (χ0v) is 11.6. The highest BCUT2D eigenvalue weighted by molar-refractivity contribution is 5.29. The van der Waals surface area contributed by atoms with Crippen molar-refractivity contribution in [2.75, 3.05) is 13.2 Å². The standard InChI is InChI=1S/C17H22O2/c1-17(9-7-13-5-3-2-4-6-13)15(12-18)11-14-8-10-19-16(14)17/h2-6,15,18H,7-12H2,1H3. The molecule has 1 aliphatic heterocycles. The summed E-state index contributed by atoms with van der Waals surface area (Å²) >= 11 is 0. The zero-order valence-electron chi connectivity index (χ0n) is 11.6. The molecule has 0 fully saturated rings. The molecular weight excluding hydrogens is 236 g/mol. The van der Waals surface area contributed by atoms with Gasteiger partial charge in [-0.1, -0.05) is 37.3 Å². The molecule has 1 N–H and O–H groups in total. The first-order valence-electron chi connectivity index (χ1n) is 7.24. The number of hydrogen-bond donors (Lipinski definition) is 1. The van der Waals surface area contributed by atoms with Crippen LogP contribution in [-0.4, -0.2) is 18.3 Å². The Morgan fingerprint density at radius 2 is 2.11 bits per heavy atom. The Kier molecular flexibility index (Phi) is 3.36. The molecule has 2 unspecified atom stereocenters. The van der Waals surface area contributed by atoms with Gasteiger partial charge in [-0.25, -0.2) is 0 Å². The third-order valence-corrected chi connectivity index (χ3v) is 4.88. The van der Waals surface area contributed by atoms with E-state index in [0.29, 0.717) is 5.92 Å². The number of hydrogen-bond acceptors (Lipinski definition) is 2. The van der Waals surface area contributed by atoms with Gasteiger partial charge >= 0.3 is 0 Å². The molecule has 1 aromatic carbocycles. The molecule has 0 saturated carbocycles. The van der Waals surface area contributed by atoms with Crippen LogP contribution in [0.25, 0.3) is 0 Å². The normalized spacial score (nSPS) is 29.5. The number of ether oxygens (including phenoxy) is 1. The Bertz CT molecular complexity index is 477. The fourth-order valence-corrected chi connectivity index (χ4v) is 3.60. The molecule has 0 bridgehead atoms. The van der Waals surface area contributed by atoms with Gasteiger partial charge in [-0.15, -0.1) is 0 Å². The predicted octanol–water partition coefficient (Wildman–Crippen LogP) is 3.31. The first-order chi connectivity index (χ1) is 9.24. The summed E-state index contributed by atoms with van der Waals surface area (Å²) < 4.78 is 5.88. The van der Waals surface area contributed by atoms with Crippen LogP contribution in [0.1, 0.15) is 31.7 Å². The molecule has 0 aromatic heterocycles. The van der Waals surface area contributed by atoms with Crippen molar-refractivity contribution in [1.82, 2.24) is 0 Å². The summed E-state index contributed by atoms with van der Waals surface area (Å²) in [4.78, 5) is 0. The summed E-state index contributed by atoms with van der Waals surface area (Å²) in [7, 11) is 0. The van der Waals surface area contributed by atoms with E-state index in [1.165, 1.54) is 16.9 Å². The minimum absolute atomic E-state index is 0.0242. The summed E-state index contributed by atoms with van der Waals surface area (Å²) in [5.74, 6) is 1.53. The zero-order chi connectivity index (χ0) is 13.3. The van der Waals surface area contributed by atoms with Crippen LogP contribution in [-0.2, 0) is 11.2 Å². The van der Waals surface area contributed by atoms with Crippen molar-refractivity contribution in [2.24, 2.45) is 11.3 Å². The van der Waals surface area contributed by atoms with Crippen molar-refractivity contribution < 1.29 is 9.84 Å². The number of aliphatic hydroxyl groups excluding tert-OH is 1. The van der Waals surface area contributed by atoms with Crippen LogP contribution in [0.3, 0.4) is 0 Å². The van der Waals surface area contributed by atoms with Gasteiger partial charge in [-0.3, -0.25) is 0 Å². The van der Waals surface area contributed by atoms with E-state index in [9.17, 15) is 5.11 Å². The second-order valence-electron chi connectivity index (χ2n) is 6.02. The van der Waals surface area contributed by atoms with E-state index in [4.69, 9.17) is 4.74 Å². The second-order valence-corrected chi connectivity index (χ2v) is 6.02. The minimum Gasteiger partial charge on any atom is -0.497 e. The predicted molar refractivity (Wildman–Crippen MR) is 75.7 cm³/mol. The molecule has 2 heteroatoms. The lowest BCUT2D eigenvalue weighted by molar-refractivity contribution is 0.0758. The van der Waals surface area contributed by atoms with Crippen LogP contribution < -0.4 is 0 Å². The van der Waals surface area contributed by atoms with Crippen LogP contribution >= 0.6 is 0 Å². The maximum atomic E-state index is 9.67. The van der Waals surface area contributed by atoms with Gasteiger partial charge in [0.15, 0.2) is 0 Å². The monoisotopic (exact) mass is 258 g/mol. The molecular formula is C17H22O2. The fourth-order valence-electron chi connectivity index (χ4n) is 3.60. The van der Waals surface area contributed by atoms with E-state index in [2.05, 4.69) is 37.3 Å². The van der Waals surface area contributed by atoms with Crippen LogP contribution in [0.4, 0.5) is 0 Å². The van der Waals surface area contributed by atoms with E-state index in [1.807, 2.05) is 0 Å². The smallest absolute Gasteiger partial charge is 0.102 e. The Morgan fingerprint density at radius 3 is 2.84 bits per heavy atom. The molecule has 3 rings (SSSR count). The van der Waals surface area contributed by atoms with Gasteiger partial charge < -0.3 is 9.84 Å². The second kappa shape index (κ2) is 5.01. The maximum absolute atomic E-state index is 9.67. The summed E-state index contributed by atoms with van der Waals surface area (Å²) in [5, 5.41) is 9.67. The lowest BCUT2D eigenvalue weighted by Crippen LogP contribution is -2.29. The third kappa shape index (κ3) is 2.18. The van der Waals surface area contributed by atoms with Crippen LogP contribution in [0.15, 0.2) is 41.7 Å². The molecule has 2 aliphatic rings. The third-order valence-electron chi connectivity index (χ3n) is 4.88. The molecule has 0 saturated heterocycles. The molecule has 2 atom stereocenters. The first-order valence-corrected chi connectivity index (χ1v) is 7.24. The van der Waals surface area contributed by atoms with Crippen molar-refractivity contribution in [3.05, 3.63) is 47.2 Å². The molecule has 102 valence electrons. The van der Waals surface area contributed by atoms with Gasteiger partial charge in [0, 0.05) is 18.4 Å². The van der Waals surface area contributed by atoms with Crippen LogP contribution in [0.5, 0.6) is 0 Å². The largest absolute Gasteiger partial charge is 0.497 e. The Balaban J connectivity index is 1.77. The van der Waals surface area contributed by atoms with Crippen LogP contribution in [0.2, 0.25) is 0 Å². The number of aliphatic hydroxyl groups is 1. The van der Waals surface area contributed by atoms with Gasteiger partial charge in [0.25, 0.3) is 0 Å². The van der Waals surface area contributed by atoms with E-state index in [-0.39, 0.29) is 12.0 Å². The van der Waals surface area contributed by atoms with E-state index < -0.39 is 0 Å².